The highest BCUT2D eigenvalue weighted by Crippen LogP contribution is 2.38. The molecule has 1 aliphatic carbocycles. The molecule has 0 aromatic carbocycles. The van der Waals surface area contributed by atoms with Crippen molar-refractivity contribution in [2.24, 2.45) is 0 Å². The van der Waals surface area contributed by atoms with Gasteiger partial charge in [-0.05, 0) is 42.5 Å². The molecule has 9 heteroatoms. The minimum Gasteiger partial charge on any atom is -0.477 e. The molecule has 0 radical (unpaired) electrons. The van der Waals surface area contributed by atoms with Crippen LogP contribution >= 0.6 is 0 Å². The monoisotopic (exact) mass is 495 g/mol. The van der Waals surface area contributed by atoms with Crippen LogP contribution in [0.2, 0.25) is 0 Å². The Balaban J connectivity index is 1.82. The molecule has 1 N–H and O–H groups in total. The molecule has 0 unspecified atom stereocenters. The number of hydrogen-bond acceptors (Lipinski definition) is 7. The second kappa shape index (κ2) is 11.8. The summed E-state index contributed by atoms with van der Waals surface area (Å²) in [6.07, 6.45) is 7.43. The summed E-state index contributed by atoms with van der Waals surface area (Å²) in [6, 6.07) is 5.87. The fraction of sp³-hybridized carbons (Fsp3) is 0.556. The fourth-order valence-corrected chi connectivity index (χ4v) is 4.96. The van der Waals surface area contributed by atoms with Gasteiger partial charge in [0.1, 0.15) is 5.82 Å². The average Bonchev–Trinajstić information content (AvgIpc) is 3.29. The molecular formula is C27H37N5O4. The zero-order valence-electron chi connectivity index (χ0n) is 21.7. The highest BCUT2D eigenvalue weighted by atomic mass is 16.5. The summed E-state index contributed by atoms with van der Waals surface area (Å²) in [5.74, 6) is -0.0616. The van der Waals surface area contributed by atoms with E-state index in [9.17, 15) is 9.90 Å². The van der Waals surface area contributed by atoms with Gasteiger partial charge in [-0.1, -0.05) is 33.1 Å². The van der Waals surface area contributed by atoms with E-state index in [1.165, 1.54) is 6.42 Å². The molecule has 1 saturated carbocycles. The second-order valence-electron chi connectivity index (χ2n) is 9.71. The Labute approximate surface area is 212 Å². The van der Waals surface area contributed by atoms with Gasteiger partial charge in [-0.3, -0.25) is 0 Å². The van der Waals surface area contributed by atoms with Crippen molar-refractivity contribution in [3.05, 3.63) is 35.8 Å². The van der Waals surface area contributed by atoms with Gasteiger partial charge < -0.3 is 19.5 Å². The van der Waals surface area contributed by atoms with Gasteiger partial charge in [0.15, 0.2) is 11.3 Å². The predicted molar refractivity (Wildman–Crippen MR) is 140 cm³/mol. The summed E-state index contributed by atoms with van der Waals surface area (Å²) in [6.45, 7) is 6.79. The number of ether oxygens (including phenoxy) is 2. The SMILES string of the molecule is COCCN(CCOC)c1ccc(-c2cc(C(=O)O)nc3c2c(C(C)C)nn3C2CCCCC2)cn1. The fourth-order valence-electron chi connectivity index (χ4n) is 4.96. The van der Waals surface area contributed by atoms with Crippen LogP contribution < -0.4 is 4.90 Å². The van der Waals surface area contributed by atoms with Crippen LogP contribution in [0.25, 0.3) is 22.2 Å². The molecule has 0 bridgehead atoms. The van der Waals surface area contributed by atoms with Crippen molar-refractivity contribution < 1.29 is 19.4 Å². The first-order valence-electron chi connectivity index (χ1n) is 12.8. The van der Waals surface area contributed by atoms with Crippen LogP contribution in [0, 0.1) is 0 Å². The number of nitrogens with zero attached hydrogens (tertiary/aromatic N) is 5. The zero-order valence-corrected chi connectivity index (χ0v) is 21.7. The van der Waals surface area contributed by atoms with Crippen molar-refractivity contribution >= 4 is 22.8 Å². The van der Waals surface area contributed by atoms with Crippen LogP contribution in [-0.4, -0.2) is 71.3 Å². The lowest BCUT2D eigenvalue weighted by Crippen LogP contribution is -2.31. The van der Waals surface area contributed by atoms with Gasteiger partial charge in [0.25, 0.3) is 0 Å². The van der Waals surface area contributed by atoms with Gasteiger partial charge in [0.2, 0.25) is 0 Å². The molecule has 3 aromatic rings. The first-order valence-corrected chi connectivity index (χ1v) is 12.8. The van der Waals surface area contributed by atoms with Gasteiger partial charge in [-0.25, -0.2) is 19.4 Å². The molecule has 0 aliphatic heterocycles. The summed E-state index contributed by atoms with van der Waals surface area (Å²) in [7, 11) is 3.36. The predicted octanol–water partition coefficient (Wildman–Crippen LogP) is 4.92. The lowest BCUT2D eigenvalue weighted by molar-refractivity contribution is 0.0691. The molecule has 0 spiro atoms. The summed E-state index contributed by atoms with van der Waals surface area (Å²) >= 11 is 0. The third-order valence-corrected chi connectivity index (χ3v) is 6.89. The van der Waals surface area contributed by atoms with Crippen molar-refractivity contribution in [2.75, 3.05) is 45.4 Å². The zero-order chi connectivity index (χ0) is 25.7. The Hall–Kier alpha value is -3.04. The topological polar surface area (TPSA) is 103 Å². The second-order valence-corrected chi connectivity index (χ2v) is 9.71. The maximum Gasteiger partial charge on any atom is 0.354 e. The minimum absolute atomic E-state index is 0.0238. The van der Waals surface area contributed by atoms with Gasteiger partial charge >= 0.3 is 5.97 Å². The maximum atomic E-state index is 12.1. The van der Waals surface area contributed by atoms with E-state index in [1.54, 1.807) is 20.3 Å². The van der Waals surface area contributed by atoms with E-state index in [0.717, 1.165) is 53.7 Å². The van der Waals surface area contributed by atoms with E-state index in [0.29, 0.717) is 32.0 Å². The largest absolute Gasteiger partial charge is 0.477 e. The van der Waals surface area contributed by atoms with E-state index in [-0.39, 0.29) is 17.7 Å². The van der Waals surface area contributed by atoms with Crippen LogP contribution in [-0.2, 0) is 9.47 Å². The highest BCUT2D eigenvalue weighted by Gasteiger charge is 2.26. The Kier molecular flexibility index (Phi) is 8.53. The Morgan fingerprint density at radius 2 is 1.83 bits per heavy atom. The normalized spacial score (nSPS) is 14.6. The molecule has 0 atom stereocenters. The first kappa shape index (κ1) is 26.0. The third-order valence-electron chi connectivity index (χ3n) is 6.89. The Bertz CT molecular complexity index is 1160. The van der Waals surface area contributed by atoms with Crippen molar-refractivity contribution in [1.29, 1.82) is 0 Å². The van der Waals surface area contributed by atoms with Crippen molar-refractivity contribution in [3.63, 3.8) is 0 Å². The molecule has 194 valence electrons. The number of rotatable bonds is 11. The van der Waals surface area contributed by atoms with Gasteiger partial charge in [-0.2, -0.15) is 5.10 Å². The summed E-state index contributed by atoms with van der Waals surface area (Å²) in [4.78, 5) is 23.5. The van der Waals surface area contributed by atoms with Gasteiger partial charge in [0, 0.05) is 39.1 Å². The molecule has 3 aromatic heterocycles. The Morgan fingerprint density at radius 1 is 1.14 bits per heavy atom. The summed E-state index contributed by atoms with van der Waals surface area (Å²) in [5, 5.41) is 15.8. The molecule has 3 heterocycles. The van der Waals surface area contributed by atoms with E-state index >= 15 is 0 Å². The van der Waals surface area contributed by atoms with Crippen LogP contribution in [0.3, 0.4) is 0 Å². The number of carbonyl (C=O) groups is 1. The third kappa shape index (κ3) is 5.52. The van der Waals surface area contributed by atoms with Crippen molar-refractivity contribution in [1.82, 2.24) is 19.7 Å². The molecule has 0 saturated heterocycles. The smallest absolute Gasteiger partial charge is 0.354 e. The lowest BCUT2D eigenvalue weighted by atomic mass is 9.95. The van der Waals surface area contributed by atoms with E-state index in [1.807, 2.05) is 23.0 Å². The van der Waals surface area contributed by atoms with Gasteiger partial charge in [0.05, 0.1) is 30.3 Å². The molecule has 36 heavy (non-hydrogen) atoms. The summed E-state index contributed by atoms with van der Waals surface area (Å²) in [5.41, 5.74) is 3.28. The van der Waals surface area contributed by atoms with E-state index in [2.05, 4.69) is 23.7 Å². The number of aromatic carboxylic acids is 1. The lowest BCUT2D eigenvalue weighted by Gasteiger charge is -2.23. The van der Waals surface area contributed by atoms with Crippen LogP contribution in [0.15, 0.2) is 24.4 Å². The number of aromatic nitrogens is 4. The number of pyridine rings is 2. The molecule has 1 fully saturated rings. The summed E-state index contributed by atoms with van der Waals surface area (Å²) < 4.78 is 12.5. The standard InChI is InChI=1S/C27H37N5O4/c1-18(2)25-24-21(19-10-11-23(28-17-19)31(12-14-35-3)13-15-36-4)16-22(27(33)34)29-26(24)32(30-25)20-8-6-5-7-9-20/h10-11,16-18,20H,5-9,12-15H2,1-4H3,(H,33,34). The highest BCUT2D eigenvalue weighted by molar-refractivity contribution is 5.99. The van der Waals surface area contributed by atoms with Crippen molar-refractivity contribution in [2.45, 2.75) is 57.9 Å². The number of hydrogen-bond donors (Lipinski definition) is 1. The quantitative estimate of drug-likeness (QED) is 0.400. The number of methoxy groups -OCH3 is 2. The number of carboxylic acid groups (broad SMARTS) is 1. The Morgan fingerprint density at radius 3 is 2.39 bits per heavy atom. The van der Waals surface area contributed by atoms with E-state index < -0.39 is 5.97 Å². The van der Waals surface area contributed by atoms with Gasteiger partial charge in [-0.15, -0.1) is 0 Å². The van der Waals surface area contributed by atoms with Crippen LogP contribution in [0.5, 0.6) is 0 Å². The molecular weight excluding hydrogens is 458 g/mol. The molecule has 9 nitrogen and oxygen atoms in total. The molecule has 4 rings (SSSR count). The van der Waals surface area contributed by atoms with Crippen LogP contribution in [0.1, 0.15) is 74.1 Å². The van der Waals surface area contributed by atoms with Crippen molar-refractivity contribution in [3.8, 4) is 11.1 Å². The van der Waals surface area contributed by atoms with E-state index in [4.69, 9.17) is 19.6 Å². The number of carboxylic acids is 1. The molecule has 0 amide bonds. The maximum absolute atomic E-state index is 12.1. The first-order chi connectivity index (χ1) is 17.4. The average molecular weight is 496 g/mol. The van der Waals surface area contributed by atoms with Crippen LogP contribution in [0.4, 0.5) is 5.82 Å². The molecule has 1 aliphatic rings. The number of fused-ring (bicyclic) bond motifs is 1. The number of anilines is 1. The minimum atomic E-state index is -1.05.